The highest BCUT2D eigenvalue weighted by molar-refractivity contribution is 5.93. The molecule has 1 N–H and O–H groups in total. The summed E-state index contributed by atoms with van der Waals surface area (Å²) < 4.78 is 7.82. The van der Waals surface area contributed by atoms with Crippen molar-refractivity contribution in [1.29, 1.82) is 0 Å². The van der Waals surface area contributed by atoms with Gasteiger partial charge in [0.15, 0.2) is 55.4 Å². The van der Waals surface area contributed by atoms with Crippen molar-refractivity contribution in [2.45, 2.75) is 45.2 Å². The van der Waals surface area contributed by atoms with Gasteiger partial charge < -0.3 is 5.11 Å². The highest BCUT2D eigenvalue weighted by Gasteiger charge is 2.47. The SMILES string of the molecule is CC=CCC(C=CC([n+]1ccc(CN=O)cc1)[n+]1ccc(C(=O)O)cc1)([n+]1ccc(CN=O)cc1)[n+]1ccc(C(C)=O)cc1. The topological polar surface area (TPSA) is 129 Å². The zero-order chi connectivity index (χ0) is 31.5. The molecule has 0 fully saturated rings. The molecule has 44 heavy (non-hydrogen) atoms. The van der Waals surface area contributed by atoms with E-state index in [-0.39, 0.29) is 24.4 Å². The second kappa shape index (κ2) is 14.5. The second-order valence-corrected chi connectivity index (χ2v) is 10.2. The van der Waals surface area contributed by atoms with Gasteiger partial charge in [0.2, 0.25) is 0 Å². The van der Waals surface area contributed by atoms with E-state index in [2.05, 4.69) is 16.4 Å². The van der Waals surface area contributed by atoms with Crippen LogP contribution in [0.3, 0.4) is 0 Å². The van der Waals surface area contributed by atoms with Crippen molar-refractivity contribution in [1.82, 2.24) is 0 Å². The first-order valence-electron chi connectivity index (χ1n) is 14.0. The normalized spacial score (nSPS) is 13.4. The molecule has 0 aliphatic carbocycles. The number of carbonyl (C=O) groups excluding carboxylic acids is 1. The van der Waals surface area contributed by atoms with E-state index in [1.807, 2.05) is 105 Å². The van der Waals surface area contributed by atoms with Crippen LogP contribution in [0.2, 0.25) is 0 Å². The molecule has 0 aliphatic heterocycles. The van der Waals surface area contributed by atoms with Gasteiger partial charge in [-0.2, -0.15) is 9.81 Å². The van der Waals surface area contributed by atoms with Crippen LogP contribution in [0.15, 0.2) is 133 Å². The van der Waals surface area contributed by atoms with Gasteiger partial charge in [-0.25, -0.2) is 4.79 Å². The maximum Gasteiger partial charge on any atom is 0.384 e. The molecule has 0 spiro atoms. The van der Waals surface area contributed by atoms with Gasteiger partial charge in [0.25, 0.3) is 0 Å². The van der Waals surface area contributed by atoms with Crippen molar-refractivity contribution in [3.05, 3.63) is 154 Å². The Morgan fingerprint density at radius 2 is 1.23 bits per heavy atom. The summed E-state index contributed by atoms with van der Waals surface area (Å²) in [7, 11) is 0. The Bertz CT molecular complexity index is 1670. The van der Waals surface area contributed by atoms with Crippen molar-refractivity contribution < 1.29 is 33.0 Å². The minimum Gasteiger partial charge on any atom is -0.478 e. The van der Waals surface area contributed by atoms with Gasteiger partial charge in [-0.3, -0.25) is 4.79 Å². The molecule has 222 valence electrons. The molecule has 11 nitrogen and oxygen atoms in total. The lowest BCUT2D eigenvalue weighted by Gasteiger charge is -2.19. The number of rotatable bonds is 14. The van der Waals surface area contributed by atoms with Gasteiger partial charge in [-0.05, 0) is 25.0 Å². The van der Waals surface area contributed by atoms with Crippen molar-refractivity contribution in [3.8, 4) is 0 Å². The van der Waals surface area contributed by atoms with Crippen LogP contribution in [0.25, 0.3) is 0 Å². The number of aromatic carboxylic acids is 1. The van der Waals surface area contributed by atoms with Crippen molar-refractivity contribution in [3.63, 3.8) is 0 Å². The number of aromatic nitrogens is 4. The van der Waals surface area contributed by atoms with Gasteiger partial charge in [-0.1, -0.05) is 22.5 Å². The molecular weight excluding hydrogens is 560 g/mol. The fraction of sp³-hybridized carbons (Fsp3) is 0.212. The number of ketones is 1. The van der Waals surface area contributed by atoms with Crippen molar-refractivity contribution in [2.24, 2.45) is 10.4 Å². The molecule has 2 atom stereocenters. The summed E-state index contributed by atoms with van der Waals surface area (Å²) >= 11 is 0. The van der Waals surface area contributed by atoms with Crippen molar-refractivity contribution in [2.75, 3.05) is 0 Å². The third-order valence-corrected chi connectivity index (χ3v) is 7.34. The van der Waals surface area contributed by atoms with Gasteiger partial charge in [0.05, 0.1) is 17.7 Å². The van der Waals surface area contributed by atoms with E-state index in [1.165, 1.54) is 19.1 Å². The Morgan fingerprint density at radius 3 is 1.68 bits per heavy atom. The largest absolute Gasteiger partial charge is 0.478 e. The van der Waals surface area contributed by atoms with Crippen LogP contribution in [-0.2, 0) is 18.8 Å². The van der Waals surface area contributed by atoms with Gasteiger partial charge in [0, 0.05) is 54.1 Å². The average Bonchev–Trinajstić information content (AvgIpc) is 3.04. The van der Waals surface area contributed by atoms with Gasteiger partial charge in [0.1, 0.15) is 19.5 Å². The zero-order valence-corrected chi connectivity index (χ0v) is 24.5. The molecule has 4 heterocycles. The third kappa shape index (κ3) is 7.24. The smallest absolute Gasteiger partial charge is 0.384 e. The maximum atomic E-state index is 12.1. The summed E-state index contributed by atoms with van der Waals surface area (Å²) in [5.41, 5.74) is 1.41. The van der Waals surface area contributed by atoms with Gasteiger partial charge >= 0.3 is 17.8 Å². The van der Waals surface area contributed by atoms with E-state index in [1.54, 1.807) is 24.5 Å². The Labute approximate surface area is 254 Å². The standard InChI is InChI=1S/C33H33N6O5/c1-3-4-14-33(38-20-8-28(9-21-38)25-35-44,39-22-12-29(13-23-39)26(2)40)15-5-31(36-16-6-27(7-17-36)24-34-43)37-18-10-30(11-19-37)32(41)42/h3-13,15-23,31H,14,24-25H2,1-2H3/q+3/p+1. The third-order valence-electron chi connectivity index (χ3n) is 7.34. The first-order chi connectivity index (χ1) is 21.3. The minimum atomic E-state index is -1.02. The number of hydrogen-bond donors (Lipinski definition) is 1. The predicted molar refractivity (Wildman–Crippen MR) is 159 cm³/mol. The van der Waals surface area contributed by atoms with E-state index in [9.17, 15) is 24.5 Å². The Hall–Kier alpha value is -5.58. The number of allylic oxidation sites excluding steroid dienone is 4. The first kappa shape index (κ1) is 31.4. The summed E-state index contributed by atoms with van der Waals surface area (Å²) in [4.78, 5) is 45.3. The van der Waals surface area contributed by atoms with E-state index in [4.69, 9.17) is 0 Å². The molecule has 11 heteroatoms. The van der Waals surface area contributed by atoms with Crippen LogP contribution in [0.4, 0.5) is 0 Å². The highest BCUT2D eigenvalue weighted by Crippen LogP contribution is 2.17. The molecule has 4 aromatic rings. The quantitative estimate of drug-likeness (QED) is 0.103. The first-order valence-corrected chi connectivity index (χ1v) is 14.0. The summed E-state index contributed by atoms with van der Waals surface area (Å²) in [5, 5.41) is 15.4. The lowest BCUT2D eigenvalue weighted by Crippen LogP contribution is -2.72. The maximum absolute atomic E-state index is 12.1. The number of pyridine rings is 4. The molecule has 4 aromatic heterocycles. The fourth-order valence-electron chi connectivity index (χ4n) is 4.87. The molecule has 0 bridgehead atoms. The number of carboxylic acid groups (broad SMARTS) is 1. The van der Waals surface area contributed by atoms with Crippen LogP contribution in [0, 0.1) is 9.81 Å². The molecule has 2 unspecified atom stereocenters. The molecule has 0 saturated carbocycles. The van der Waals surface area contributed by atoms with Crippen LogP contribution >= 0.6 is 0 Å². The molecule has 0 amide bonds. The summed E-state index contributed by atoms with van der Waals surface area (Å²) in [6.07, 6.45) is 22.7. The predicted octanol–water partition coefficient (Wildman–Crippen LogP) is 3.74. The lowest BCUT2D eigenvalue weighted by molar-refractivity contribution is -0.981. The number of carbonyl (C=O) groups is 2. The highest BCUT2D eigenvalue weighted by atomic mass is 16.4. The van der Waals surface area contributed by atoms with E-state index in [0.29, 0.717) is 12.0 Å². The average molecular weight is 595 g/mol. The van der Waals surface area contributed by atoms with Crippen LogP contribution in [-0.4, -0.2) is 16.9 Å². The monoisotopic (exact) mass is 594 g/mol. The fourth-order valence-corrected chi connectivity index (χ4v) is 4.87. The van der Waals surface area contributed by atoms with Crippen LogP contribution in [0.1, 0.15) is 58.3 Å². The van der Waals surface area contributed by atoms with E-state index >= 15 is 0 Å². The van der Waals surface area contributed by atoms with Crippen molar-refractivity contribution >= 4 is 11.8 Å². The number of nitroso groups, excluding NO2 is 2. The lowest BCUT2D eigenvalue weighted by atomic mass is 10.0. The number of Topliss-reactive ketones (excluding diaryl/α,β-unsaturated/α-hetero) is 1. The summed E-state index contributed by atoms with van der Waals surface area (Å²) in [5.74, 6) is -1.07. The zero-order valence-electron chi connectivity index (χ0n) is 24.5. The Kier molecular flexibility index (Phi) is 10.4. The van der Waals surface area contributed by atoms with E-state index in [0.717, 1.165) is 11.1 Å². The molecule has 0 radical (unpaired) electrons. The molecule has 0 aliphatic rings. The second-order valence-electron chi connectivity index (χ2n) is 10.2. The molecular formula is C33H34N6O5+4. The minimum absolute atomic E-state index is 0.0454. The van der Waals surface area contributed by atoms with Crippen LogP contribution in [0.5, 0.6) is 0 Å². The summed E-state index contributed by atoms with van der Waals surface area (Å²) in [6.45, 7) is 3.56. The summed E-state index contributed by atoms with van der Waals surface area (Å²) in [6, 6.07) is 13.9. The Balaban J connectivity index is 1.92. The molecule has 0 saturated heterocycles. The van der Waals surface area contributed by atoms with Crippen LogP contribution < -0.4 is 18.3 Å². The number of carboxylic acids is 1. The molecule has 0 aromatic carbocycles. The van der Waals surface area contributed by atoms with E-state index < -0.39 is 17.8 Å². The molecule has 4 rings (SSSR count). The number of hydrogen-bond acceptors (Lipinski definition) is 6. The number of nitrogens with zero attached hydrogens (tertiary/aromatic N) is 6. The Morgan fingerprint density at radius 1 is 0.773 bits per heavy atom. The van der Waals surface area contributed by atoms with Gasteiger partial charge in [-0.15, -0.1) is 18.3 Å².